The van der Waals surface area contributed by atoms with Crippen molar-refractivity contribution in [1.29, 1.82) is 0 Å². The Bertz CT molecular complexity index is 444. The van der Waals surface area contributed by atoms with Gasteiger partial charge in [0.25, 0.3) is 0 Å². The molecule has 0 saturated carbocycles. The molecule has 1 aromatic rings. The van der Waals surface area contributed by atoms with Gasteiger partial charge in [-0.2, -0.15) is 0 Å². The molecule has 2 N–H and O–H groups in total. The second-order valence-corrected chi connectivity index (χ2v) is 3.33. The molecule has 4 nitrogen and oxygen atoms in total. The molecule has 1 heterocycles. The molecule has 2 rings (SSSR count). The third-order valence-electron chi connectivity index (χ3n) is 2.36. The molecule has 0 aromatic heterocycles. The summed E-state index contributed by atoms with van der Waals surface area (Å²) in [6, 6.07) is 3.71. The Morgan fingerprint density at radius 3 is 2.93 bits per heavy atom. The highest BCUT2D eigenvalue weighted by atomic mass is 19.1. The molecule has 0 radical (unpaired) electrons. The van der Waals surface area contributed by atoms with Crippen LogP contribution in [0.1, 0.15) is 10.4 Å². The van der Waals surface area contributed by atoms with Crippen molar-refractivity contribution in [3.63, 3.8) is 0 Å². The van der Waals surface area contributed by atoms with Crippen LogP contribution in [0.25, 0.3) is 0 Å². The first-order valence-corrected chi connectivity index (χ1v) is 4.40. The van der Waals surface area contributed by atoms with Crippen molar-refractivity contribution in [2.75, 3.05) is 11.9 Å². The molecule has 0 saturated heterocycles. The maximum atomic E-state index is 12.9. The number of carboxylic acid groups (broad SMARTS) is 1. The zero-order chi connectivity index (χ0) is 11.0. The van der Waals surface area contributed by atoms with Gasteiger partial charge in [0.05, 0.1) is 0 Å². The molecule has 1 aliphatic heterocycles. The minimum Gasteiger partial charge on any atom is -0.481 e. The molecule has 0 spiro atoms. The smallest absolute Gasteiger partial charge is 0.316 e. The van der Waals surface area contributed by atoms with Crippen molar-refractivity contribution in [2.45, 2.75) is 0 Å². The summed E-state index contributed by atoms with van der Waals surface area (Å²) < 4.78 is 12.9. The number of hydrogen-bond acceptors (Lipinski definition) is 3. The van der Waals surface area contributed by atoms with E-state index in [4.69, 9.17) is 5.11 Å². The molecule has 0 bridgehead atoms. The van der Waals surface area contributed by atoms with Crippen molar-refractivity contribution in [2.24, 2.45) is 5.92 Å². The summed E-state index contributed by atoms with van der Waals surface area (Å²) in [7, 11) is 0. The largest absolute Gasteiger partial charge is 0.481 e. The molecular formula is C10H8FNO3. The number of rotatable bonds is 1. The van der Waals surface area contributed by atoms with E-state index < -0.39 is 23.5 Å². The highest BCUT2D eigenvalue weighted by molar-refractivity contribution is 6.12. The lowest BCUT2D eigenvalue weighted by atomic mass is 9.92. The maximum absolute atomic E-state index is 12.9. The number of Topliss-reactive ketones (excluding diaryl/α,β-unsaturated/α-hetero) is 1. The van der Waals surface area contributed by atoms with Gasteiger partial charge in [-0.05, 0) is 18.2 Å². The van der Waals surface area contributed by atoms with Crippen LogP contribution in [0.5, 0.6) is 0 Å². The van der Waals surface area contributed by atoms with Gasteiger partial charge in [0.2, 0.25) is 0 Å². The second-order valence-electron chi connectivity index (χ2n) is 3.33. The fourth-order valence-corrected chi connectivity index (χ4v) is 1.57. The number of hydrogen-bond donors (Lipinski definition) is 2. The topological polar surface area (TPSA) is 66.4 Å². The third-order valence-corrected chi connectivity index (χ3v) is 2.36. The van der Waals surface area contributed by atoms with Crippen LogP contribution in [0.2, 0.25) is 0 Å². The summed E-state index contributed by atoms with van der Waals surface area (Å²) in [6.45, 7) is 0.0484. The molecule has 0 aliphatic carbocycles. The molecule has 0 amide bonds. The number of anilines is 1. The SMILES string of the molecule is O=C(O)C1CNc2ccc(F)cc2C1=O. The van der Waals surface area contributed by atoms with Gasteiger partial charge >= 0.3 is 5.97 Å². The van der Waals surface area contributed by atoms with Gasteiger partial charge in [0.15, 0.2) is 5.78 Å². The van der Waals surface area contributed by atoms with Gasteiger partial charge in [0.1, 0.15) is 11.7 Å². The fraction of sp³-hybridized carbons (Fsp3) is 0.200. The molecule has 0 fully saturated rings. The second kappa shape index (κ2) is 3.34. The van der Waals surface area contributed by atoms with Crippen LogP contribution < -0.4 is 5.32 Å². The molecule has 1 aromatic carbocycles. The van der Waals surface area contributed by atoms with Gasteiger partial charge in [-0.3, -0.25) is 9.59 Å². The van der Waals surface area contributed by atoms with Crippen molar-refractivity contribution >= 4 is 17.4 Å². The van der Waals surface area contributed by atoms with E-state index in [1.165, 1.54) is 12.1 Å². The van der Waals surface area contributed by atoms with Crippen molar-refractivity contribution in [1.82, 2.24) is 0 Å². The molecule has 1 unspecified atom stereocenters. The van der Waals surface area contributed by atoms with E-state index in [1.807, 2.05) is 0 Å². The lowest BCUT2D eigenvalue weighted by Gasteiger charge is -2.21. The van der Waals surface area contributed by atoms with E-state index in [0.29, 0.717) is 5.69 Å². The van der Waals surface area contributed by atoms with E-state index in [1.54, 1.807) is 0 Å². The number of carbonyl (C=O) groups excluding carboxylic acids is 1. The third kappa shape index (κ3) is 1.56. The minimum absolute atomic E-state index is 0.0484. The Balaban J connectivity index is 2.45. The number of fused-ring (bicyclic) bond motifs is 1. The molecule has 15 heavy (non-hydrogen) atoms. The van der Waals surface area contributed by atoms with Gasteiger partial charge < -0.3 is 10.4 Å². The predicted molar refractivity (Wildman–Crippen MR) is 50.3 cm³/mol. The van der Waals surface area contributed by atoms with Crippen LogP contribution in [-0.2, 0) is 4.79 Å². The van der Waals surface area contributed by atoms with Crippen LogP contribution in [0.3, 0.4) is 0 Å². The number of ketones is 1. The van der Waals surface area contributed by atoms with Gasteiger partial charge in [-0.15, -0.1) is 0 Å². The highest BCUT2D eigenvalue weighted by Gasteiger charge is 2.32. The molecular weight excluding hydrogens is 201 g/mol. The maximum Gasteiger partial charge on any atom is 0.316 e. The molecule has 78 valence electrons. The first-order valence-electron chi connectivity index (χ1n) is 4.40. The highest BCUT2D eigenvalue weighted by Crippen LogP contribution is 2.25. The zero-order valence-electron chi connectivity index (χ0n) is 7.66. The summed E-state index contributed by atoms with van der Waals surface area (Å²) in [5.74, 6) is -3.41. The number of nitrogens with one attached hydrogen (secondary N) is 1. The van der Waals surface area contributed by atoms with Gasteiger partial charge in [-0.25, -0.2) is 4.39 Å². The van der Waals surface area contributed by atoms with E-state index >= 15 is 0 Å². The Morgan fingerprint density at radius 2 is 2.27 bits per heavy atom. The zero-order valence-corrected chi connectivity index (χ0v) is 7.66. The van der Waals surface area contributed by atoms with Crippen LogP contribution in [0.15, 0.2) is 18.2 Å². The summed E-state index contributed by atoms with van der Waals surface area (Å²) >= 11 is 0. The predicted octanol–water partition coefficient (Wildman–Crippen LogP) is 1.13. The minimum atomic E-state index is -1.19. The van der Waals surface area contributed by atoms with Crippen LogP contribution >= 0.6 is 0 Å². The summed E-state index contributed by atoms with van der Waals surface area (Å²) in [5.41, 5.74) is 0.590. The Kier molecular flexibility index (Phi) is 2.15. The number of benzene rings is 1. The van der Waals surface area contributed by atoms with E-state index in [-0.39, 0.29) is 12.1 Å². The monoisotopic (exact) mass is 209 g/mol. The molecule has 5 heteroatoms. The first-order chi connectivity index (χ1) is 7.09. The Hall–Kier alpha value is -1.91. The fourth-order valence-electron chi connectivity index (χ4n) is 1.57. The Morgan fingerprint density at radius 1 is 1.53 bits per heavy atom. The van der Waals surface area contributed by atoms with Crippen molar-refractivity contribution in [3.8, 4) is 0 Å². The molecule has 1 aliphatic rings. The van der Waals surface area contributed by atoms with E-state index in [2.05, 4.69) is 5.32 Å². The molecule has 1 atom stereocenters. The van der Waals surface area contributed by atoms with Gasteiger partial charge in [0, 0.05) is 17.8 Å². The number of carbonyl (C=O) groups is 2. The standard InChI is InChI=1S/C10H8FNO3/c11-5-1-2-8-6(3-5)9(13)7(4-12-8)10(14)15/h1-3,7,12H,4H2,(H,14,15). The van der Waals surface area contributed by atoms with Crippen LogP contribution in [-0.4, -0.2) is 23.4 Å². The normalized spacial score (nSPS) is 19.3. The van der Waals surface area contributed by atoms with E-state index in [9.17, 15) is 14.0 Å². The van der Waals surface area contributed by atoms with Crippen molar-refractivity contribution in [3.05, 3.63) is 29.6 Å². The summed E-state index contributed by atoms with van der Waals surface area (Å²) in [4.78, 5) is 22.3. The van der Waals surface area contributed by atoms with Crippen LogP contribution in [0, 0.1) is 11.7 Å². The average Bonchev–Trinajstić information content (AvgIpc) is 2.19. The number of halogens is 1. The van der Waals surface area contributed by atoms with E-state index in [0.717, 1.165) is 6.07 Å². The van der Waals surface area contributed by atoms with Gasteiger partial charge in [-0.1, -0.05) is 0 Å². The number of aliphatic carboxylic acids is 1. The average molecular weight is 209 g/mol. The first kappa shape index (κ1) is 9.64. The lowest BCUT2D eigenvalue weighted by Crippen LogP contribution is -2.35. The Labute approximate surface area is 84.7 Å². The summed E-state index contributed by atoms with van der Waals surface area (Å²) in [6.07, 6.45) is 0. The number of carboxylic acids is 1. The van der Waals surface area contributed by atoms with Crippen molar-refractivity contribution < 1.29 is 19.1 Å². The lowest BCUT2D eigenvalue weighted by molar-refractivity contribution is -0.139. The van der Waals surface area contributed by atoms with Crippen LogP contribution in [0.4, 0.5) is 10.1 Å². The summed E-state index contributed by atoms with van der Waals surface area (Å²) in [5, 5.41) is 11.5. The quantitative estimate of drug-likeness (QED) is 0.680.